The highest BCUT2D eigenvalue weighted by Gasteiger charge is 2.06. The molecule has 0 unspecified atom stereocenters. The molecule has 1 amide bonds. The van der Waals surface area contributed by atoms with Gasteiger partial charge in [0.25, 0.3) is 5.69 Å². The standard InChI is InChI=1S/C13H18N2O4/c1-2-3-4-5-10-19-13(16)14-11-6-8-12(9-7-11)15(17)18/h6-9H,2-5,10H2,1H3,(H,14,16). The number of anilines is 1. The molecule has 0 saturated heterocycles. The molecule has 104 valence electrons. The van der Waals surface area contributed by atoms with Gasteiger partial charge in [0.2, 0.25) is 0 Å². The number of nitro benzene ring substituents is 1. The van der Waals surface area contributed by atoms with Crippen LogP contribution < -0.4 is 5.32 Å². The molecular weight excluding hydrogens is 248 g/mol. The number of amides is 1. The highest BCUT2D eigenvalue weighted by molar-refractivity contribution is 5.84. The summed E-state index contributed by atoms with van der Waals surface area (Å²) >= 11 is 0. The Kier molecular flexibility index (Phi) is 6.35. The quantitative estimate of drug-likeness (QED) is 0.463. The summed E-state index contributed by atoms with van der Waals surface area (Å²) in [4.78, 5) is 21.4. The van der Waals surface area contributed by atoms with E-state index in [2.05, 4.69) is 12.2 Å². The molecule has 1 N–H and O–H groups in total. The van der Waals surface area contributed by atoms with Crippen LogP contribution >= 0.6 is 0 Å². The number of nitrogens with one attached hydrogen (secondary N) is 1. The lowest BCUT2D eigenvalue weighted by atomic mass is 10.2. The second kappa shape index (κ2) is 8.07. The van der Waals surface area contributed by atoms with Crippen LogP contribution in [0.1, 0.15) is 32.6 Å². The van der Waals surface area contributed by atoms with Crippen molar-refractivity contribution in [3.63, 3.8) is 0 Å². The first kappa shape index (κ1) is 14.9. The number of carbonyl (C=O) groups is 1. The first-order valence-electron chi connectivity index (χ1n) is 6.31. The van der Waals surface area contributed by atoms with Crippen LogP contribution in [-0.2, 0) is 4.74 Å². The Labute approximate surface area is 111 Å². The lowest BCUT2D eigenvalue weighted by molar-refractivity contribution is -0.384. The Bertz CT molecular complexity index is 417. The predicted octanol–water partition coefficient (Wildman–Crippen LogP) is 3.72. The molecule has 0 radical (unpaired) electrons. The predicted molar refractivity (Wildman–Crippen MR) is 72.2 cm³/mol. The summed E-state index contributed by atoms with van der Waals surface area (Å²) in [5, 5.41) is 13.0. The molecule has 0 bridgehead atoms. The van der Waals surface area contributed by atoms with Crippen molar-refractivity contribution in [2.24, 2.45) is 0 Å². The van der Waals surface area contributed by atoms with Gasteiger partial charge in [-0.25, -0.2) is 4.79 Å². The Morgan fingerprint density at radius 3 is 2.53 bits per heavy atom. The molecule has 6 heteroatoms. The van der Waals surface area contributed by atoms with E-state index in [-0.39, 0.29) is 5.69 Å². The maximum atomic E-state index is 11.4. The number of hydrogen-bond donors (Lipinski definition) is 1. The van der Waals surface area contributed by atoms with E-state index < -0.39 is 11.0 Å². The summed E-state index contributed by atoms with van der Waals surface area (Å²) in [5.41, 5.74) is 0.461. The van der Waals surface area contributed by atoms with Crippen molar-refractivity contribution >= 4 is 17.5 Å². The van der Waals surface area contributed by atoms with E-state index in [1.54, 1.807) is 0 Å². The second-order valence-corrected chi connectivity index (χ2v) is 4.13. The Balaban J connectivity index is 2.30. The minimum absolute atomic E-state index is 0.0153. The summed E-state index contributed by atoms with van der Waals surface area (Å²) in [5.74, 6) is 0. The van der Waals surface area contributed by atoms with Crippen LogP contribution in [0.4, 0.5) is 16.2 Å². The third-order valence-corrected chi connectivity index (χ3v) is 2.56. The smallest absolute Gasteiger partial charge is 0.411 e. The molecular formula is C13H18N2O4. The van der Waals surface area contributed by atoms with Crippen molar-refractivity contribution in [3.8, 4) is 0 Å². The van der Waals surface area contributed by atoms with Crippen LogP contribution in [0, 0.1) is 10.1 Å². The number of rotatable bonds is 7. The van der Waals surface area contributed by atoms with Gasteiger partial charge in [-0.3, -0.25) is 15.4 Å². The molecule has 0 heterocycles. The van der Waals surface area contributed by atoms with Gasteiger partial charge in [0.1, 0.15) is 0 Å². The van der Waals surface area contributed by atoms with Crippen LogP contribution in [0.15, 0.2) is 24.3 Å². The lowest BCUT2D eigenvalue weighted by Crippen LogP contribution is -2.14. The SMILES string of the molecule is CCCCCCOC(=O)Nc1ccc([N+](=O)[O-])cc1. The maximum Gasteiger partial charge on any atom is 0.411 e. The van der Waals surface area contributed by atoms with E-state index in [4.69, 9.17) is 4.74 Å². The zero-order valence-electron chi connectivity index (χ0n) is 10.9. The summed E-state index contributed by atoms with van der Waals surface area (Å²) < 4.78 is 4.99. The van der Waals surface area contributed by atoms with Crippen LogP contribution in [0.5, 0.6) is 0 Å². The average Bonchev–Trinajstić information content (AvgIpc) is 2.39. The largest absolute Gasteiger partial charge is 0.449 e. The third kappa shape index (κ3) is 5.85. The zero-order valence-corrected chi connectivity index (χ0v) is 10.9. The number of hydrogen-bond acceptors (Lipinski definition) is 4. The van der Waals surface area contributed by atoms with E-state index >= 15 is 0 Å². The monoisotopic (exact) mass is 266 g/mol. The molecule has 0 spiro atoms. The first-order valence-corrected chi connectivity index (χ1v) is 6.31. The Morgan fingerprint density at radius 2 is 1.95 bits per heavy atom. The summed E-state index contributed by atoms with van der Waals surface area (Å²) in [6.07, 6.45) is 3.62. The van der Waals surface area contributed by atoms with Gasteiger partial charge in [-0.1, -0.05) is 26.2 Å². The van der Waals surface area contributed by atoms with Gasteiger partial charge < -0.3 is 4.74 Å². The van der Waals surface area contributed by atoms with Gasteiger partial charge in [0.05, 0.1) is 11.5 Å². The van der Waals surface area contributed by atoms with Crippen LogP contribution in [0.2, 0.25) is 0 Å². The van der Waals surface area contributed by atoms with Crippen molar-refractivity contribution in [2.75, 3.05) is 11.9 Å². The van der Waals surface area contributed by atoms with E-state index in [1.807, 2.05) is 0 Å². The van der Waals surface area contributed by atoms with Gasteiger partial charge in [-0.2, -0.15) is 0 Å². The number of carbonyl (C=O) groups excluding carboxylic acids is 1. The summed E-state index contributed by atoms with van der Waals surface area (Å²) in [6, 6.07) is 5.60. The van der Waals surface area contributed by atoms with Gasteiger partial charge in [0, 0.05) is 17.8 Å². The van der Waals surface area contributed by atoms with Crippen LogP contribution in [-0.4, -0.2) is 17.6 Å². The van der Waals surface area contributed by atoms with Crippen molar-refractivity contribution in [3.05, 3.63) is 34.4 Å². The van der Waals surface area contributed by atoms with Gasteiger partial charge in [0.15, 0.2) is 0 Å². The minimum atomic E-state index is -0.537. The van der Waals surface area contributed by atoms with Gasteiger partial charge in [-0.15, -0.1) is 0 Å². The van der Waals surface area contributed by atoms with E-state index in [0.717, 1.165) is 25.7 Å². The average molecular weight is 266 g/mol. The molecule has 0 atom stereocenters. The Hall–Kier alpha value is -2.11. The molecule has 1 aromatic rings. The molecule has 1 aromatic carbocycles. The number of unbranched alkanes of at least 4 members (excludes halogenated alkanes) is 3. The zero-order chi connectivity index (χ0) is 14.1. The molecule has 0 aromatic heterocycles. The molecule has 6 nitrogen and oxygen atoms in total. The molecule has 19 heavy (non-hydrogen) atoms. The van der Waals surface area contributed by atoms with Crippen LogP contribution in [0.25, 0.3) is 0 Å². The molecule has 0 aliphatic carbocycles. The van der Waals surface area contributed by atoms with Crippen molar-refractivity contribution in [1.82, 2.24) is 0 Å². The third-order valence-electron chi connectivity index (χ3n) is 2.56. The van der Waals surface area contributed by atoms with E-state index in [1.165, 1.54) is 24.3 Å². The van der Waals surface area contributed by atoms with Crippen molar-refractivity contribution in [2.45, 2.75) is 32.6 Å². The number of nitrogens with zero attached hydrogens (tertiary/aromatic N) is 1. The number of nitro groups is 1. The fraction of sp³-hybridized carbons (Fsp3) is 0.462. The van der Waals surface area contributed by atoms with Gasteiger partial charge in [-0.05, 0) is 18.6 Å². The second-order valence-electron chi connectivity index (χ2n) is 4.13. The minimum Gasteiger partial charge on any atom is -0.449 e. The molecule has 0 fully saturated rings. The molecule has 0 aliphatic heterocycles. The van der Waals surface area contributed by atoms with E-state index in [9.17, 15) is 14.9 Å². The maximum absolute atomic E-state index is 11.4. The number of non-ortho nitro benzene ring substituents is 1. The van der Waals surface area contributed by atoms with Crippen LogP contribution in [0.3, 0.4) is 0 Å². The molecule has 0 aliphatic rings. The normalized spacial score (nSPS) is 9.95. The van der Waals surface area contributed by atoms with Gasteiger partial charge >= 0.3 is 6.09 Å². The van der Waals surface area contributed by atoms with E-state index in [0.29, 0.717) is 12.3 Å². The molecule has 1 rings (SSSR count). The Morgan fingerprint density at radius 1 is 1.26 bits per heavy atom. The van der Waals surface area contributed by atoms with Crippen molar-refractivity contribution in [1.29, 1.82) is 0 Å². The summed E-state index contributed by atoms with van der Waals surface area (Å²) in [6.45, 7) is 2.50. The fourth-order valence-corrected chi connectivity index (χ4v) is 1.51. The number of benzene rings is 1. The highest BCUT2D eigenvalue weighted by Crippen LogP contribution is 2.15. The highest BCUT2D eigenvalue weighted by atomic mass is 16.6. The summed E-state index contributed by atoms with van der Waals surface area (Å²) in [7, 11) is 0. The van der Waals surface area contributed by atoms with Crippen molar-refractivity contribution < 1.29 is 14.5 Å². The first-order chi connectivity index (χ1) is 9.13. The number of ether oxygens (including phenoxy) is 1. The molecule has 0 saturated carbocycles. The fourth-order valence-electron chi connectivity index (χ4n) is 1.51. The topological polar surface area (TPSA) is 81.5 Å². The lowest BCUT2D eigenvalue weighted by Gasteiger charge is -2.06.